The molecule has 0 saturated carbocycles. The minimum absolute atomic E-state index is 0.218. The van der Waals surface area contributed by atoms with Crippen molar-refractivity contribution < 1.29 is 9.53 Å². The Bertz CT molecular complexity index is 104. The Labute approximate surface area is 67.9 Å². The van der Waals surface area contributed by atoms with E-state index in [1.165, 1.54) is 0 Å². The summed E-state index contributed by atoms with van der Waals surface area (Å²) in [6.45, 7) is 2.94. The third kappa shape index (κ3) is 7.33. The van der Waals surface area contributed by atoms with Crippen molar-refractivity contribution in [3.63, 3.8) is 0 Å². The molecule has 0 bridgehead atoms. The Hall–Kier alpha value is -0.570. The van der Waals surface area contributed by atoms with E-state index in [2.05, 4.69) is 0 Å². The van der Waals surface area contributed by atoms with Crippen LogP contribution < -0.4 is 5.73 Å². The van der Waals surface area contributed by atoms with Gasteiger partial charge in [-0.2, -0.15) is 0 Å². The third-order valence-corrected chi connectivity index (χ3v) is 1.26. The first-order valence-corrected chi connectivity index (χ1v) is 4.01. The lowest BCUT2D eigenvalue weighted by molar-refractivity contribution is -0.139. The normalized spacial score (nSPS) is 9.64. The molecule has 2 N–H and O–H groups in total. The number of nitrogens with two attached hydrogens (primary N) is 1. The summed E-state index contributed by atoms with van der Waals surface area (Å²) in [5, 5.41) is 0. The van der Waals surface area contributed by atoms with Gasteiger partial charge < -0.3 is 10.5 Å². The van der Waals surface area contributed by atoms with E-state index >= 15 is 0 Å². The van der Waals surface area contributed by atoms with Gasteiger partial charge in [0.15, 0.2) is 0 Å². The molecule has 3 heteroatoms. The highest BCUT2D eigenvalue weighted by molar-refractivity contribution is 5.78. The van der Waals surface area contributed by atoms with Crippen LogP contribution in [0.25, 0.3) is 0 Å². The SMILES string of the molecule is CCOC(=O)[CH]CCCCN. The second kappa shape index (κ2) is 7.54. The maximum absolute atomic E-state index is 10.7. The van der Waals surface area contributed by atoms with Crippen molar-refractivity contribution in [1.82, 2.24) is 0 Å². The molecular formula is C8H16NO2. The maximum Gasteiger partial charge on any atom is 0.309 e. The molecule has 0 aliphatic heterocycles. The molecule has 0 aliphatic carbocycles. The van der Waals surface area contributed by atoms with E-state index in [0.29, 0.717) is 13.2 Å². The predicted octanol–water partition coefficient (Wildman–Crippen LogP) is 0.883. The van der Waals surface area contributed by atoms with Crippen molar-refractivity contribution in [2.75, 3.05) is 13.2 Å². The van der Waals surface area contributed by atoms with Crippen LogP contribution in [0.4, 0.5) is 0 Å². The van der Waals surface area contributed by atoms with Crippen LogP contribution in [0.3, 0.4) is 0 Å². The van der Waals surface area contributed by atoms with Gasteiger partial charge in [0, 0.05) is 0 Å². The van der Waals surface area contributed by atoms with Gasteiger partial charge in [-0.3, -0.25) is 4.79 Å². The van der Waals surface area contributed by atoms with Crippen LogP contribution >= 0.6 is 0 Å². The second-order valence-electron chi connectivity index (χ2n) is 2.24. The highest BCUT2D eigenvalue weighted by Crippen LogP contribution is 1.98. The Morgan fingerprint density at radius 1 is 1.55 bits per heavy atom. The molecule has 0 fully saturated rings. The van der Waals surface area contributed by atoms with Crippen molar-refractivity contribution in [3.05, 3.63) is 6.42 Å². The number of carbonyl (C=O) groups is 1. The van der Waals surface area contributed by atoms with E-state index in [0.717, 1.165) is 19.3 Å². The molecule has 0 atom stereocenters. The van der Waals surface area contributed by atoms with Gasteiger partial charge in [0.2, 0.25) is 0 Å². The minimum atomic E-state index is -0.218. The number of hydrogen-bond donors (Lipinski definition) is 1. The number of unbranched alkanes of at least 4 members (excludes halogenated alkanes) is 2. The first-order valence-electron chi connectivity index (χ1n) is 4.01. The van der Waals surface area contributed by atoms with E-state index in [9.17, 15) is 4.79 Å². The van der Waals surface area contributed by atoms with Crippen LogP contribution in [-0.2, 0) is 9.53 Å². The summed E-state index contributed by atoms with van der Waals surface area (Å²) in [6, 6.07) is 0. The quantitative estimate of drug-likeness (QED) is 0.461. The van der Waals surface area contributed by atoms with E-state index in [-0.39, 0.29) is 5.97 Å². The molecule has 1 radical (unpaired) electrons. The van der Waals surface area contributed by atoms with Gasteiger partial charge in [-0.05, 0) is 26.3 Å². The number of hydrogen-bond acceptors (Lipinski definition) is 3. The largest absolute Gasteiger partial charge is 0.466 e. The van der Waals surface area contributed by atoms with Gasteiger partial charge in [-0.25, -0.2) is 0 Å². The highest BCUT2D eigenvalue weighted by Gasteiger charge is 1.99. The lowest BCUT2D eigenvalue weighted by Gasteiger charge is -1.99. The van der Waals surface area contributed by atoms with Crippen LogP contribution in [0.1, 0.15) is 26.2 Å². The molecule has 0 heterocycles. The summed E-state index contributed by atoms with van der Waals surface area (Å²) in [5.74, 6) is -0.218. The first-order chi connectivity index (χ1) is 5.31. The van der Waals surface area contributed by atoms with Crippen molar-refractivity contribution >= 4 is 5.97 Å². The standard InChI is InChI=1S/C8H16NO2/c1-2-11-8(10)6-4-3-5-7-9/h6H,2-5,7,9H2,1H3. The second-order valence-corrected chi connectivity index (χ2v) is 2.24. The van der Waals surface area contributed by atoms with Crippen LogP contribution in [0.2, 0.25) is 0 Å². The average Bonchev–Trinajstić information content (AvgIpc) is 1.99. The van der Waals surface area contributed by atoms with Gasteiger partial charge >= 0.3 is 5.97 Å². The molecule has 11 heavy (non-hydrogen) atoms. The van der Waals surface area contributed by atoms with Crippen molar-refractivity contribution in [3.8, 4) is 0 Å². The lowest BCUT2D eigenvalue weighted by atomic mass is 10.2. The molecule has 0 aromatic carbocycles. The monoisotopic (exact) mass is 158 g/mol. The predicted molar refractivity (Wildman–Crippen MR) is 43.8 cm³/mol. The topological polar surface area (TPSA) is 52.3 Å². The highest BCUT2D eigenvalue weighted by atomic mass is 16.5. The molecule has 0 rings (SSSR count). The Morgan fingerprint density at radius 3 is 2.82 bits per heavy atom. The van der Waals surface area contributed by atoms with Gasteiger partial charge in [0.1, 0.15) is 0 Å². The van der Waals surface area contributed by atoms with Gasteiger partial charge in [-0.1, -0.05) is 6.42 Å². The molecule has 0 aliphatic rings. The molecule has 65 valence electrons. The maximum atomic E-state index is 10.7. The van der Waals surface area contributed by atoms with Crippen molar-refractivity contribution in [2.24, 2.45) is 5.73 Å². The average molecular weight is 158 g/mol. The summed E-state index contributed by atoms with van der Waals surface area (Å²) in [6.07, 6.45) is 4.28. The smallest absolute Gasteiger partial charge is 0.309 e. The zero-order valence-electron chi connectivity index (χ0n) is 7.01. The molecule has 0 saturated heterocycles. The van der Waals surface area contributed by atoms with Crippen LogP contribution in [-0.4, -0.2) is 19.1 Å². The van der Waals surface area contributed by atoms with Crippen LogP contribution in [0.15, 0.2) is 0 Å². The van der Waals surface area contributed by atoms with Gasteiger partial charge in [-0.15, -0.1) is 0 Å². The molecule has 3 nitrogen and oxygen atoms in total. The molecule has 0 spiro atoms. The van der Waals surface area contributed by atoms with E-state index in [4.69, 9.17) is 10.5 Å². The van der Waals surface area contributed by atoms with E-state index in [1.807, 2.05) is 0 Å². The van der Waals surface area contributed by atoms with Gasteiger partial charge in [0.25, 0.3) is 0 Å². The Kier molecular flexibility index (Phi) is 7.15. The minimum Gasteiger partial charge on any atom is -0.466 e. The summed E-state index contributed by atoms with van der Waals surface area (Å²) in [7, 11) is 0. The van der Waals surface area contributed by atoms with E-state index in [1.54, 1.807) is 13.3 Å². The van der Waals surface area contributed by atoms with E-state index < -0.39 is 0 Å². The summed E-state index contributed by atoms with van der Waals surface area (Å²) < 4.78 is 4.70. The Morgan fingerprint density at radius 2 is 2.27 bits per heavy atom. The van der Waals surface area contributed by atoms with Gasteiger partial charge in [0.05, 0.1) is 13.0 Å². The Balaban J connectivity index is 3.04. The summed E-state index contributed by atoms with van der Waals surface area (Å²) in [4.78, 5) is 10.7. The number of rotatable bonds is 6. The molecule has 0 aromatic rings. The fourth-order valence-corrected chi connectivity index (χ4v) is 0.710. The first kappa shape index (κ1) is 10.4. The van der Waals surface area contributed by atoms with Crippen molar-refractivity contribution in [1.29, 1.82) is 0 Å². The summed E-state index contributed by atoms with van der Waals surface area (Å²) >= 11 is 0. The molecule has 0 unspecified atom stereocenters. The van der Waals surface area contributed by atoms with Crippen LogP contribution in [0.5, 0.6) is 0 Å². The molecule has 0 aromatic heterocycles. The fraction of sp³-hybridized carbons (Fsp3) is 0.750. The van der Waals surface area contributed by atoms with Crippen molar-refractivity contribution in [2.45, 2.75) is 26.2 Å². The number of esters is 1. The third-order valence-electron chi connectivity index (χ3n) is 1.26. The molecular weight excluding hydrogens is 142 g/mol. The zero-order valence-corrected chi connectivity index (χ0v) is 7.01. The molecule has 0 amide bonds. The number of carbonyl (C=O) groups excluding carboxylic acids is 1. The zero-order chi connectivity index (χ0) is 8.53. The lowest BCUT2D eigenvalue weighted by Crippen LogP contribution is -2.05. The number of ether oxygens (including phenoxy) is 1. The fourth-order valence-electron chi connectivity index (χ4n) is 0.710. The summed E-state index contributed by atoms with van der Waals surface area (Å²) in [5.41, 5.74) is 5.27. The van der Waals surface area contributed by atoms with Crippen LogP contribution in [0, 0.1) is 6.42 Å².